The molecule has 38 heavy (non-hydrogen) atoms. The highest BCUT2D eigenvalue weighted by molar-refractivity contribution is 6.03. The Kier molecular flexibility index (Phi) is 5.98. The largest absolute Gasteiger partial charge is 0.451 e. The first-order chi connectivity index (χ1) is 18.1. The van der Waals surface area contributed by atoms with Gasteiger partial charge in [-0.15, -0.1) is 0 Å². The van der Waals surface area contributed by atoms with Gasteiger partial charge in [-0.05, 0) is 18.6 Å². The third-order valence-electron chi connectivity index (χ3n) is 5.95. The highest BCUT2D eigenvalue weighted by atomic mass is 19.4. The van der Waals surface area contributed by atoms with Crippen molar-refractivity contribution in [2.45, 2.75) is 25.6 Å². The first kappa shape index (κ1) is 24.8. The van der Waals surface area contributed by atoms with E-state index in [1.807, 2.05) is 6.92 Å². The van der Waals surface area contributed by atoms with Gasteiger partial charge in [0.25, 0.3) is 0 Å². The molecule has 9 nitrogen and oxygen atoms in total. The molecule has 192 valence electrons. The Hall–Kier alpha value is -4.93. The number of halogens is 5. The second kappa shape index (κ2) is 9.18. The average Bonchev–Trinajstić information content (AvgIpc) is 3.48. The van der Waals surface area contributed by atoms with E-state index in [2.05, 4.69) is 31.1 Å². The summed E-state index contributed by atoms with van der Waals surface area (Å²) in [4.78, 5) is 15.1. The van der Waals surface area contributed by atoms with Crippen molar-refractivity contribution in [1.82, 2.24) is 34.3 Å². The molecule has 0 aliphatic rings. The smallest absolute Gasteiger partial charge is 0.383 e. The lowest BCUT2D eigenvalue weighted by molar-refractivity contribution is -0.144. The van der Waals surface area contributed by atoms with Gasteiger partial charge in [-0.25, -0.2) is 33.4 Å². The van der Waals surface area contributed by atoms with Crippen molar-refractivity contribution in [2.75, 3.05) is 5.73 Å². The van der Waals surface area contributed by atoms with Crippen LogP contribution in [0, 0.1) is 23.0 Å². The molecule has 4 aromatic heterocycles. The summed E-state index contributed by atoms with van der Waals surface area (Å²) >= 11 is 0. The Morgan fingerprint density at radius 1 is 1.08 bits per heavy atom. The summed E-state index contributed by atoms with van der Waals surface area (Å²) in [7, 11) is 0. The number of aromatic nitrogens is 7. The van der Waals surface area contributed by atoms with Gasteiger partial charge < -0.3 is 10.3 Å². The fraction of sp³-hybridized carbons (Fsp3) is 0.167. The number of nitrogen functional groups attached to an aromatic ring is 1. The molecule has 0 aliphatic carbocycles. The Morgan fingerprint density at radius 2 is 1.82 bits per heavy atom. The van der Waals surface area contributed by atoms with E-state index in [1.165, 1.54) is 29.5 Å². The molecule has 1 atom stereocenters. The fourth-order valence-corrected chi connectivity index (χ4v) is 4.33. The van der Waals surface area contributed by atoms with Gasteiger partial charge in [0.05, 0.1) is 17.6 Å². The van der Waals surface area contributed by atoms with Gasteiger partial charge in [-0.1, -0.05) is 6.92 Å². The maximum atomic E-state index is 14.4. The lowest BCUT2D eigenvalue weighted by Crippen LogP contribution is -2.12. The topological polar surface area (TPSA) is 124 Å². The molecule has 1 aromatic carbocycles. The lowest BCUT2D eigenvalue weighted by Gasteiger charge is -2.18. The van der Waals surface area contributed by atoms with Crippen LogP contribution in [0.15, 0.2) is 49.3 Å². The first-order valence-electron chi connectivity index (χ1n) is 11.1. The van der Waals surface area contributed by atoms with Crippen LogP contribution in [0.3, 0.4) is 0 Å². The van der Waals surface area contributed by atoms with Crippen molar-refractivity contribution < 1.29 is 22.0 Å². The molecule has 4 heterocycles. The molecule has 0 amide bonds. The zero-order chi connectivity index (χ0) is 27.2. The number of fused-ring (bicyclic) bond motifs is 1. The van der Waals surface area contributed by atoms with Crippen LogP contribution in [-0.2, 0) is 6.18 Å². The third kappa shape index (κ3) is 4.07. The molecular formula is C24H16F5N9. The Labute approximate surface area is 211 Å². The fourth-order valence-electron chi connectivity index (χ4n) is 4.33. The van der Waals surface area contributed by atoms with Crippen molar-refractivity contribution in [3.63, 3.8) is 0 Å². The third-order valence-corrected chi connectivity index (χ3v) is 5.95. The van der Waals surface area contributed by atoms with Gasteiger partial charge >= 0.3 is 6.18 Å². The van der Waals surface area contributed by atoms with Gasteiger partial charge in [0, 0.05) is 41.3 Å². The number of hydrogen-bond donors (Lipinski definition) is 1. The normalized spacial score (nSPS) is 12.6. The molecule has 0 fully saturated rings. The van der Waals surface area contributed by atoms with E-state index in [-0.39, 0.29) is 39.4 Å². The number of nitrogens with two attached hydrogens (primary N) is 1. The Morgan fingerprint density at radius 3 is 2.45 bits per heavy atom. The van der Waals surface area contributed by atoms with Crippen LogP contribution < -0.4 is 5.73 Å². The van der Waals surface area contributed by atoms with Crippen LogP contribution in [0.2, 0.25) is 0 Å². The lowest BCUT2D eigenvalue weighted by atomic mass is 10.1. The number of anilines is 1. The van der Waals surface area contributed by atoms with Gasteiger partial charge in [0.2, 0.25) is 5.82 Å². The molecule has 5 aromatic rings. The summed E-state index contributed by atoms with van der Waals surface area (Å²) in [5.41, 5.74) is 7.26. The monoisotopic (exact) mass is 525 g/mol. The SMILES string of the molecule is CC[C@@H](c1cnn(-c2ccc(F)cc2F)c1)n1c(C#N)c(-c2cnc(C(F)(F)F)nc2)c2c(N)ncnc21. The number of alkyl halides is 3. The summed E-state index contributed by atoms with van der Waals surface area (Å²) < 4.78 is 69.6. The van der Waals surface area contributed by atoms with E-state index in [1.54, 1.807) is 4.57 Å². The van der Waals surface area contributed by atoms with E-state index < -0.39 is 29.7 Å². The first-order valence-corrected chi connectivity index (χ1v) is 11.1. The van der Waals surface area contributed by atoms with Crippen LogP contribution in [0.25, 0.3) is 27.8 Å². The number of hydrogen-bond acceptors (Lipinski definition) is 7. The minimum Gasteiger partial charge on any atom is -0.383 e. The molecule has 0 spiro atoms. The summed E-state index contributed by atoms with van der Waals surface area (Å²) in [6, 6.07) is 4.59. The molecule has 2 N–H and O–H groups in total. The van der Waals surface area contributed by atoms with E-state index in [0.29, 0.717) is 12.0 Å². The number of benzene rings is 1. The molecule has 0 saturated carbocycles. The quantitative estimate of drug-likeness (QED) is 0.326. The summed E-state index contributed by atoms with van der Waals surface area (Å²) in [6.45, 7) is 1.83. The molecule has 0 unspecified atom stereocenters. The second-order valence-corrected chi connectivity index (χ2v) is 8.19. The molecule has 0 aliphatic heterocycles. The number of rotatable bonds is 5. The predicted molar refractivity (Wildman–Crippen MR) is 125 cm³/mol. The minimum atomic E-state index is -4.75. The van der Waals surface area contributed by atoms with Crippen molar-refractivity contribution in [3.05, 3.63) is 78.0 Å². The zero-order valence-corrected chi connectivity index (χ0v) is 19.4. The average molecular weight is 525 g/mol. The van der Waals surface area contributed by atoms with Crippen LogP contribution in [-0.4, -0.2) is 34.3 Å². The van der Waals surface area contributed by atoms with E-state index in [9.17, 15) is 27.2 Å². The van der Waals surface area contributed by atoms with Gasteiger partial charge in [0.15, 0.2) is 5.82 Å². The molecule has 0 saturated heterocycles. The van der Waals surface area contributed by atoms with E-state index >= 15 is 0 Å². The number of nitriles is 1. The molecule has 0 bridgehead atoms. The molecule has 0 radical (unpaired) electrons. The number of nitrogens with zero attached hydrogens (tertiary/aromatic N) is 8. The van der Waals surface area contributed by atoms with Crippen molar-refractivity contribution in [3.8, 4) is 22.9 Å². The standard InChI is InChI=1S/C24H16F5N9/c1-2-16(13-9-36-37(10-13)17-4-3-14(25)5-15(17)26)38-18(6-30)19(20-21(31)34-11-35-22(20)38)12-7-32-23(33-8-12)24(27,28)29/h3-5,7-11,16H,2H2,1H3,(H2,31,34,35)/t16-/m0/s1. The van der Waals surface area contributed by atoms with Crippen LogP contribution >= 0.6 is 0 Å². The summed E-state index contributed by atoms with van der Waals surface area (Å²) in [5, 5.41) is 14.6. The highest BCUT2D eigenvalue weighted by Gasteiger charge is 2.35. The Balaban J connectivity index is 1.70. The summed E-state index contributed by atoms with van der Waals surface area (Å²) in [5.74, 6) is -2.89. The Bertz CT molecular complexity index is 1700. The van der Waals surface area contributed by atoms with Gasteiger partial charge in [-0.3, -0.25) is 0 Å². The molecule has 14 heteroatoms. The van der Waals surface area contributed by atoms with Crippen molar-refractivity contribution >= 4 is 16.9 Å². The van der Waals surface area contributed by atoms with Crippen molar-refractivity contribution in [1.29, 1.82) is 5.26 Å². The molecule has 5 rings (SSSR count). The second-order valence-electron chi connectivity index (χ2n) is 8.19. The van der Waals surface area contributed by atoms with Crippen molar-refractivity contribution in [2.24, 2.45) is 0 Å². The highest BCUT2D eigenvalue weighted by Crippen LogP contribution is 2.40. The maximum absolute atomic E-state index is 14.4. The maximum Gasteiger partial charge on any atom is 0.451 e. The van der Waals surface area contributed by atoms with E-state index in [0.717, 1.165) is 24.5 Å². The van der Waals surface area contributed by atoms with E-state index in [4.69, 9.17) is 5.73 Å². The van der Waals surface area contributed by atoms with Gasteiger partial charge in [0.1, 0.15) is 41.1 Å². The van der Waals surface area contributed by atoms with Crippen LogP contribution in [0.5, 0.6) is 0 Å². The predicted octanol–water partition coefficient (Wildman–Crippen LogP) is 4.82. The van der Waals surface area contributed by atoms with Crippen LogP contribution in [0.1, 0.15) is 36.5 Å². The van der Waals surface area contributed by atoms with Gasteiger partial charge in [-0.2, -0.15) is 23.5 Å². The molecular weight excluding hydrogens is 509 g/mol. The van der Waals surface area contributed by atoms with Crippen LogP contribution in [0.4, 0.5) is 27.8 Å². The minimum absolute atomic E-state index is 0.000852. The zero-order valence-electron chi connectivity index (χ0n) is 19.4. The summed E-state index contributed by atoms with van der Waals surface area (Å²) in [6.07, 6.45) is 1.77.